The van der Waals surface area contributed by atoms with Gasteiger partial charge >= 0.3 is 0 Å². The second kappa shape index (κ2) is 7.94. The summed E-state index contributed by atoms with van der Waals surface area (Å²) in [6.07, 6.45) is 7.09. The van der Waals surface area contributed by atoms with Crippen molar-refractivity contribution in [2.45, 2.75) is 32.6 Å². The molecule has 2 aliphatic heterocycles. The molecule has 0 aliphatic carbocycles. The zero-order chi connectivity index (χ0) is 17.8. The Morgan fingerprint density at radius 1 is 0.769 bits per heavy atom. The summed E-state index contributed by atoms with van der Waals surface area (Å²) in [7, 11) is 0. The number of hydrogen-bond acceptors (Lipinski definition) is 5. The Morgan fingerprint density at radius 2 is 1.50 bits per heavy atom. The van der Waals surface area contributed by atoms with Crippen molar-refractivity contribution in [1.29, 1.82) is 0 Å². The quantitative estimate of drug-likeness (QED) is 0.846. The Labute approximate surface area is 156 Å². The summed E-state index contributed by atoms with van der Waals surface area (Å²) in [5.74, 6) is 1.98. The molecule has 0 radical (unpaired) electrons. The molecule has 2 aliphatic rings. The molecule has 3 heterocycles. The lowest BCUT2D eigenvalue weighted by Crippen LogP contribution is -2.47. The summed E-state index contributed by atoms with van der Waals surface area (Å²) < 4.78 is 0. The number of aryl methyl sites for hydroxylation is 1. The molecular weight excluding hydrogens is 322 g/mol. The standard InChI is InChI=1S/C21H29N5/c1-18-7-6-8-19(17-18)24-13-15-25(16-14-24)20-9-10-22-21(23-20)26-11-4-2-3-5-12-26/h6-10,17H,2-5,11-16H2,1H3. The molecule has 0 unspecified atom stereocenters. The Hall–Kier alpha value is -2.30. The van der Waals surface area contributed by atoms with Crippen LogP contribution in [0.3, 0.4) is 0 Å². The van der Waals surface area contributed by atoms with Crippen LogP contribution in [0.4, 0.5) is 17.5 Å². The van der Waals surface area contributed by atoms with Gasteiger partial charge in [0.05, 0.1) is 0 Å². The summed E-state index contributed by atoms with van der Waals surface area (Å²) in [6, 6.07) is 10.9. The monoisotopic (exact) mass is 351 g/mol. The maximum Gasteiger partial charge on any atom is 0.227 e. The van der Waals surface area contributed by atoms with Crippen molar-refractivity contribution in [3.05, 3.63) is 42.1 Å². The van der Waals surface area contributed by atoms with E-state index < -0.39 is 0 Å². The Morgan fingerprint density at radius 3 is 2.23 bits per heavy atom. The zero-order valence-corrected chi connectivity index (χ0v) is 15.8. The first-order valence-corrected chi connectivity index (χ1v) is 9.94. The highest BCUT2D eigenvalue weighted by atomic mass is 15.3. The number of anilines is 3. The molecule has 1 aromatic heterocycles. The van der Waals surface area contributed by atoms with E-state index in [1.165, 1.54) is 36.9 Å². The van der Waals surface area contributed by atoms with Crippen LogP contribution in [-0.2, 0) is 0 Å². The lowest BCUT2D eigenvalue weighted by atomic mass is 10.2. The van der Waals surface area contributed by atoms with Gasteiger partial charge in [-0.2, -0.15) is 4.98 Å². The van der Waals surface area contributed by atoms with Crippen molar-refractivity contribution in [2.24, 2.45) is 0 Å². The van der Waals surface area contributed by atoms with E-state index in [0.29, 0.717) is 0 Å². The third kappa shape index (κ3) is 3.92. The van der Waals surface area contributed by atoms with Crippen LogP contribution in [0.15, 0.2) is 36.5 Å². The zero-order valence-electron chi connectivity index (χ0n) is 15.8. The molecule has 0 N–H and O–H groups in total. The summed E-state index contributed by atoms with van der Waals surface area (Å²) in [5.41, 5.74) is 2.65. The van der Waals surface area contributed by atoms with E-state index in [1.54, 1.807) is 0 Å². The number of hydrogen-bond donors (Lipinski definition) is 0. The van der Waals surface area contributed by atoms with Crippen LogP contribution in [0.1, 0.15) is 31.2 Å². The first kappa shape index (κ1) is 17.1. The van der Waals surface area contributed by atoms with Crippen molar-refractivity contribution < 1.29 is 0 Å². The van der Waals surface area contributed by atoms with Gasteiger partial charge in [-0.25, -0.2) is 4.98 Å². The highest BCUT2D eigenvalue weighted by Gasteiger charge is 2.20. The molecule has 0 amide bonds. The molecule has 5 nitrogen and oxygen atoms in total. The van der Waals surface area contributed by atoms with Crippen LogP contribution < -0.4 is 14.7 Å². The number of benzene rings is 1. The van der Waals surface area contributed by atoms with E-state index in [4.69, 9.17) is 4.98 Å². The highest BCUT2D eigenvalue weighted by molar-refractivity contribution is 5.51. The molecule has 0 bridgehead atoms. The molecule has 138 valence electrons. The maximum absolute atomic E-state index is 4.90. The highest BCUT2D eigenvalue weighted by Crippen LogP contribution is 2.22. The molecule has 0 spiro atoms. The SMILES string of the molecule is Cc1cccc(N2CCN(c3ccnc(N4CCCCCC4)n3)CC2)c1. The number of nitrogens with zero attached hydrogens (tertiary/aromatic N) is 5. The molecule has 4 rings (SSSR count). The smallest absolute Gasteiger partial charge is 0.227 e. The molecule has 5 heteroatoms. The van der Waals surface area contributed by atoms with E-state index in [-0.39, 0.29) is 0 Å². The first-order valence-electron chi connectivity index (χ1n) is 9.94. The van der Waals surface area contributed by atoms with Gasteiger partial charge in [0.1, 0.15) is 5.82 Å². The molecular formula is C21H29N5. The number of piperazine rings is 1. The van der Waals surface area contributed by atoms with Crippen LogP contribution in [0, 0.1) is 6.92 Å². The van der Waals surface area contributed by atoms with Crippen molar-refractivity contribution >= 4 is 17.5 Å². The Kier molecular flexibility index (Phi) is 5.23. The molecule has 2 fully saturated rings. The van der Waals surface area contributed by atoms with Gasteiger partial charge in [-0.05, 0) is 43.5 Å². The van der Waals surface area contributed by atoms with Crippen molar-refractivity contribution in [3.63, 3.8) is 0 Å². The van der Waals surface area contributed by atoms with Crippen molar-refractivity contribution in [2.75, 3.05) is 54.0 Å². The lowest BCUT2D eigenvalue weighted by Gasteiger charge is -2.37. The van der Waals surface area contributed by atoms with Gasteiger partial charge in [-0.1, -0.05) is 25.0 Å². The van der Waals surface area contributed by atoms with Gasteiger partial charge in [0.15, 0.2) is 0 Å². The molecule has 26 heavy (non-hydrogen) atoms. The van der Waals surface area contributed by atoms with E-state index >= 15 is 0 Å². The van der Waals surface area contributed by atoms with Crippen molar-refractivity contribution in [1.82, 2.24) is 9.97 Å². The van der Waals surface area contributed by atoms with Gasteiger partial charge in [-0.3, -0.25) is 0 Å². The minimum atomic E-state index is 0.908. The first-order chi connectivity index (χ1) is 12.8. The summed E-state index contributed by atoms with van der Waals surface area (Å²) in [6.45, 7) is 8.41. The third-order valence-electron chi connectivity index (χ3n) is 5.49. The minimum Gasteiger partial charge on any atom is -0.368 e. The number of rotatable bonds is 3. The fourth-order valence-corrected chi connectivity index (χ4v) is 3.96. The molecule has 0 atom stereocenters. The molecule has 2 saturated heterocycles. The lowest BCUT2D eigenvalue weighted by molar-refractivity contribution is 0.645. The predicted molar refractivity (Wildman–Crippen MR) is 108 cm³/mol. The molecule has 0 saturated carbocycles. The number of aromatic nitrogens is 2. The van der Waals surface area contributed by atoms with Gasteiger partial charge in [0.25, 0.3) is 0 Å². The van der Waals surface area contributed by atoms with Gasteiger partial charge in [0.2, 0.25) is 5.95 Å². The van der Waals surface area contributed by atoms with Crippen LogP contribution in [0.5, 0.6) is 0 Å². The van der Waals surface area contributed by atoms with Gasteiger partial charge in [0, 0.05) is 51.2 Å². The normalized spacial score (nSPS) is 18.7. The van der Waals surface area contributed by atoms with E-state index in [0.717, 1.165) is 51.0 Å². The largest absolute Gasteiger partial charge is 0.368 e. The molecule has 2 aromatic rings. The Bertz CT molecular complexity index is 716. The van der Waals surface area contributed by atoms with Crippen LogP contribution in [0.2, 0.25) is 0 Å². The second-order valence-electron chi connectivity index (χ2n) is 7.43. The van der Waals surface area contributed by atoms with Crippen LogP contribution in [0.25, 0.3) is 0 Å². The average Bonchev–Trinajstić information content (AvgIpc) is 2.98. The Balaban J connectivity index is 1.42. The predicted octanol–water partition coefficient (Wildman–Crippen LogP) is 3.49. The van der Waals surface area contributed by atoms with Gasteiger partial charge in [-0.15, -0.1) is 0 Å². The fourth-order valence-electron chi connectivity index (χ4n) is 3.96. The maximum atomic E-state index is 4.90. The minimum absolute atomic E-state index is 0.908. The van der Waals surface area contributed by atoms with E-state index in [2.05, 4.69) is 56.9 Å². The van der Waals surface area contributed by atoms with Gasteiger partial charge < -0.3 is 14.7 Å². The summed E-state index contributed by atoms with van der Waals surface area (Å²) >= 11 is 0. The molecule has 1 aromatic carbocycles. The summed E-state index contributed by atoms with van der Waals surface area (Å²) in [4.78, 5) is 16.7. The average molecular weight is 351 g/mol. The van der Waals surface area contributed by atoms with Crippen LogP contribution >= 0.6 is 0 Å². The van der Waals surface area contributed by atoms with E-state index in [1.807, 2.05) is 6.20 Å². The second-order valence-corrected chi connectivity index (χ2v) is 7.43. The fraction of sp³-hybridized carbons (Fsp3) is 0.524. The summed E-state index contributed by atoms with van der Waals surface area (Å²) in [5, 5.41) is 0. The third-order valence-corrected chi connectivity index (χ3v) is 5.49. The topological polar surface area (TPSA) is 35.5 Å². The van der Waals surface area contributed by atoms with E-state index in [9.17, 15) is 0 Å². The van der Waals surface area contributed by atoms with Crippen molar-refractivity contribution in [3.8, 4) is 0 Å². The van der Waals surface area contributed by atoms with Crippen LogP contribution in [-0.4, -0.2) is 49.2 Å².